The molecule has 1 amide bonds. The summed E-state index contributed by atoms with van der Waals surface area (Å²) in [6.45, 7) is 1.97. The van der Waals surface area contributed by atoms with Gasteiger partial charge >= 0.3 is 6.03 Å². The summed E-state index contributed by atoms with van der Waals surface area (Å²) < 4.78 is 1.07. The molecule has 23 heavy (non-hydrogen) atoms. The fraction of sp³-hybridized carbons (Fsp3) is 0.0667. The van der Waals surface area contributed by atoms with Gasteiger partial charge in [-0.3, -0.25) is 4.98 Å². The molecule has 0 fully saturated rings. The topological polar surface area (TPSA) is 111 Å². The lowest BCUT2D eigenvalue weighted by Crippen LogP contribution is -2.22. The molecular formula is C15H15N7O. The van der Waals surface area contributed by atoms with Crippen LogP contribution in [0.3, 0.4) is 0 Å². The van der Waals surface area contributed by atoms with Crippen LogP contribution < -0.4 is 16.4 Å². The number of carbonyl (C=O) groups excluding carboxylic acids is 1. The third-order valence-electron chi connectivity index (χ3n) is 3.04. The number of benzene rings is 1. The lowest BCUT2D eigenvalue weighted by molar-refractivity contribution is 0.251. The molecule has 0 spiro atoms. The SMILES string of the molecule is Cc1ccc(NC(=O)n2nc(N)nc2Nc2cccnc2)cc1. The molecule has 3 aromatic rings. The van der Waals surface area contributed by atoms with Crippen LogP contribution >= 0.6 is 0 Å². The highest BCUT2D eigenvalue weighted by Gasteiger charge is 2.15. The molecule has 2 aromatic heterocycles. The fourth-order valence-electron chi connectivity index (χ4n) is 1.93. The molecule has 0 saturated carbocycles. The smallest absolute Gasteiger partial charge is 0.349 e. The van der Waals surface area contributed by atoms with Crippen LogP contribution in [0.5, 0.6) is 0 Å². The summed E-state index contributed by atoms with van der Waals surface area (Å²) >= 11 is 0. The second kappa shape index (κ2) is 6.14. The highest BCUT2D eigenvalue weighted by Crippen LogP contribution is 2.15. The van der Waals surface area contributed by atoms with E-state index in [-0.39, 0.29) is 11.9 Å². The number of carbonyl (C=O) groups is 1. The van der Waals surface area contributed by atoms with E-state index in [9.17, 15) is 4.79 Å². The van der Waals surface area contributed by atoms with Crippen LogP contribution in [0, 0.1) is 6.92 Å². The van der Waals surface area contributed by atoms with Crippen molar-refractivity contribution in [1.29, 1.82) is 0 Å². The summed E-state index contributed by atoms with van der Waals surface area (Å²) in [6, 6.07) is 10.5. The van der Waals surface area contributed by atoms with Crippen LogP contribution in [0.4, 0.5) is 28.1 Å². The number of aryl methyl sites for hydroxylation is 1. The van der Waals surface area contributed by atoms with Crippen molar-refractivity contribution in [3.05, 3.63) is 54.4 Å². The van der Waals surface area contributed by atoms with Crippen molar-refractivity contribution in [3.8, 4) is 0 Å². The Morgan fingerprint density at radius 1 is 1.17 bits per heavy atom. The van der Waals surface area contributed by atoms with Crippen LogP contribution in [-0.2, 0) is 0 Å². The maximum atomic E-state index is 12.4. The molecule has 0 aliphatic carbocycles. The Labute approximate surface area is 132 Å². The Bertz CT molecular complexity index is 812. The maximum absolute atomic E-state index is 12.4. The first-order chi connectivity index (χ1) is 11.1. The highest BCUT2D eigenvalue weighted by molar-refractivity contribution is 5.92. The van der Waals surface area contributed by atoms with E-state index < -0.39 is 6.03 Å². The Balaban J connectivity index is 1.81. The van der Waals surface area contributed by atoms with E-state index in [1.807, 2.05) is 31.2 Å². The van der Waals surface area contributed by atoms with Crippen molar-refractivity contribution in [1.82, 2.24) is 19.7 Å². The molecule has 8 nitrogen and oxygen atoms in total. The average Bonchev–Trinajstić information content (AvgIpc) is 2.91. The number of nitrogen functional groups attached to an aromatic ring is 1. The summed E-state index contributed by atoms with van der Waals surface area (Å²) in [4.78, 5) is 20.4. The first-order valence-electron chi connectivity index (χ1n) is 6.89. The molecule has 1 aromatic carbocycles. The van der Waals surface area contributed by atoms with Gasteiger partial charge in [0.15, 0.2) is 0 Å². The van der Waals surface area contributed by atoms with E-state index in [2.05, 4.69) is 25.7 Å². The van der Waals surface area contributed by atoms with Crippen LogP contribution in [0.2, 0.25) is 0 Å². The second-order valence-electron chi connectivity index (χ2n) is 4.87. The number of nitrogens with one attached hydrogen (secondary N) is 2. The van der Waals surface area contributed by atoms with Gasteiger partial charge in [0.1, 0.15) is 0 Å². The summed E-state index contributed by atoms with van der Waals surface area (Å²) in [5.41, 5.74) is 8.03. The quantitative estimate of drug-likeness (QED) is 0.685. The average molecular weight is 309 g/mol. The largest absolute Gasteiger partial charge is 0.366 e. The predicted octanol–water partition coefficient (Wildman–Crippen LogP) is 2.39. The summed E-state index contributed by atoms with van der Waals surface area (Å²) in [5, 5.41) is 9.60. The van der Waals surface area contributed by atoms with Gasteiger partial charge in [-0.25, -0.2) is 4.79 Å². The van der Waals surface area contributed by atoms with Crippen molar-refractivity contribution in [3.63, 3.8) is 0 Å². The lowest BCUT2D eigenvalue weighted by atomic mass is 10.2. The molecule has 0 unspecified atom stereocenters. The van der Waals surface area contributed by atoms with Gasteiger partial charge in [0.2, 0.25) is 11.9 Å². The zero-order chi connectivity index (χ0) is 16.2. The molecule has 0 atom stereocenters. The molecule has 0 aliphatic rings. The lowest BCUT2D eigenvalue weighted by Gasteiger charge is -2.08. The zero-order valence-electron chi connectivity index (χ0n) is 12.4. The number of hydrogen-bond donors (Lipinski definition) is 3. The van der Waals surface area contributed by atoms with Crippen LogP contribution in [0.25, 0.3) is 0 Å². The monoisotopic (exact) mass is 309 g/mol. The first kappa shape index (κ1) is 14.5. The molecule has 0 radical (unpaired) electrons. The molecule has 0 saturated heterocycles. The number of hydrogen-bond acceptors (Lipinski definition) is 6. The molecule has 8 heteroatoms. The molecule has 0 bridgehead atoms. The van der Waals surface area contributed by atoms with Crippen molar-refractivity contribution in [2.75, 3.05) is 16.4 Å². The molecule has 116 valence electrons. The van der Waals surface area contributed by atoms with Gasteiger partial charge in [0.05, 0.1) is 11.9 Å². The molecule has 3 rings (SSSR count). The van der Waals surface area contributed by atoms with Crippen molar-refractivity contribution in [2.45, 2.75) is 6.92 Å². The number of anilines is 4. The fourth-order valence-corrected chi connectivity index (χ4v) is 1.93. The minimum absolute atomic E-state index is 0.00422. The highest BCUT2D eigenvalue weighted by atomic mass is 16.2. The number of rotatable bonds is 3. The van der Waals surface area contributed by atoms with Crippen LogP contribution in [0.15, 0.2) is 48.8 Å². The molecule has 4 N–H and O–H groups in total. The number of pyridine rings is 1. The van der Waals surface area contributed by atoms with Gasteiger partial charge in [-0.05, 0) is 31.2 Å². The number of nitrogens with zero attached hydrogens (tertiary/aromatic N) is 4. The first-order valence-corrected chi connectivity index (χ1v) is 6.89. The van der Waals surface area contributed by atoms with Gasteiger partial charge in [-0.15, -0.1) is 9.78 Å². The van der Waals surface area contributed by atoms with Crippen LogP contribution in [0.1, 0.15) is 5.56 Å². The van der Waals surface area contributed by atoms with E-state index in [1.165, 1.54) is 0 Å². The number of nitrogens with two attached hydrogens (primary N) is 1. The third kappa shape index (κ3) is 3.43. The van der Waals surface area contributed by atoms with Crippen molar-refractivity contribution < 1.29 is 4.79 Å². The Kier molecular flexibility index (Phi) is 3.88. The predicted molar refractivity (Wildman–Crippen MR) is 87.5 cm³/mol. The van der Waals surface area contributed by atoms with E-state index in [0.29, 0.717) is 11.4 Å². The number of aromatic nitrogens is 4. The molecule has 2 heterocycles. The maximum Gasteiger partial charge on any atom is 0.349 e. The van der Waals surface area contributed by atoms with Gasteiger partial charge < -0.3 is 16.4 Å². The van der Waals surface area contributed by atoms with Crippen LogP contribution in [-0.4, -0.2) is 25.8 Å². The standard InChI is InChI=1S/C15H15N7O/c1-10-4-6-11(7-5-10)19-15(23)22-14(20-13(16)21-22)18-12-3-2-8-17-9-12/h2-9H,1H3,(H,19,23)(H3,16,18,20,21). The van der Waals surface area contributed by atoms with E-state index in [1.54, 1.807) is 24.5 Å². The third-order valence-corrected chi connectivity index (χ3v) is 3.04. The van der Waals surface area contributed by atoms with Crippen molar-refractivity contribution >= 4 is 29.3 Å². The Hall–Kier alpha value is -3.42. The summed E-state index contributed by atoms with van der Waals surface area (Å²) in [7, 11) is 0. The second-order valence-corrected chi connectivity index (χ2v) is 4.87. The molecule has 0 aliphatic heterocycles. The molecular weight excluding hydrogens is 294 g/mol. The Morgan fingerprint density at radius 2 is 1.96 bits per heavy atom. The van der Waals surface area contributed by atoms with Gasteiger partial charge in [0.25, 0.3) is 0 Å². The zero-order valence-corrected chi connectivity index (χ0v) is 12.4. The van der Waals surface area contributed by atoms with Gasteiger partial charge in [0, 0.05) is 11.9 Å². The van der Waals surface area contributed by atoms with Gasteiger partial charge in [-0.1, -0.05) is 17.7 Å². The number of amides is 1. The minimum atomic E-state index is -0.468. The normalized spacial score (nSPS) is 10.3. The van der Waals surface area contributed by atoms with E-state index in [4.69, 9.17) is 5.73 Å². The van der Waals surface area contributed by atoms with Crippen molar-refractivity contribution in [2.24, 2.45) is 0 Å². The van der Waals surface area contributed by atoms with E-state index in [0.717, 1.165) is 10.2 Å². The summed E-state index contributed by atoms with van der Waals surface area (Å²) in [6.07, 6.45) is 3.25. The Morgan fingerprint density at radius 3 is 2.65 bits per heavy atom. The van der Waals surface area contributed by atoms with E-state index >= 15 is 0 Å². The van der Waals surface area contributed by atoms with Gasteiger partial charge in [-0.2, -0.15) is 4.98 Å². The minimum Gasteiger partial charge on any atom is -0.366 e. The summed E-state index contributed by atoms with van der Waals surface area (Å²) in [5.74, 6) is 0.204.